The van der Waals surface area contributed by atoms with Crippen molar-refractivity contribution in [1.82, 2.24) is 15.5 Å². The van der Waals surface area contributed by atoms with Crippen molar-refractivity contribution in [3.63, 3.8) is 0 Å². The number of amides is 2. The molecule has 0 aliphatic carbocycles. The second-order valence-corrected chi connectivity index (χ2v) is 3.32. The third-order valence-corrected chi connectivity index (χ3v) is 1.85. The lowest BCUT2D eigenvalue weighted by atomic mass is 10.7. The Morgan fingerprint density at radius 1 is 1.69 bits per heavy atom. The van der Waals surface area contributed by atoms with Gasteiger partial charge in [-0.2, -0.15) is 0 Å². The lowest BCUT2D eigenvalue weighted by Gasteiger charge is -1.99. The van der Waals surface area contributed by atoms with Crippen LogP contribution in [0.25, 0.3) is 0 Å². The van der Waals surface area contributed by atoms with Crippen molar-refractivity contribution >= 4 is 22.5 Å². The van der Waals surface area contributed by atoms with E-state index in [0.29, 0.717) is 5.13 Å². The van der Waals surface area contributed by atoms with Crippen LogP contribution < -0.4 is 10.6 Å². The summed E-state index contributed by atoms with van der Waals surface area (Å²) in [7, 11) is 0. The highest BCUT2D eigenvalue weighted by Crippen LogP contribution is 2.12. The van der Waals surface area contributed by atoms with Gasteiger partial charge in [0.2, 0.25) is 5.13 Å². The quantitative estimate of drug-likeness (QED) is 0.681. The first-order valence-electron chi connectivity index (χ1n) is 3.51. The van der Waals surface area contributed by atoms with Crippen LogP contribution in [-0.4, -0.2) is 22.8 Å². The molecule has 1 heterocycles. The van der Waals surface area contributed by atoms with Gasteiger partial charge in [0.1, 0.15) is 5.01 Å². The number of anilines is 1. The number of nitrogens with zero attached hydrogens (tertiary/aromatic N) is 2. The van der Waals surface area contributed by atoms with E-state index in [4.69, 9.17) is 6.42 Å². The second kappa shape index (κ2) is 4.42. The summed E-state index contributed by atoms with van der Waals surface area (Å²) in [6.07, 6.45) is 4.96. The second-order valence-electron chi connectivity index (χ2n) is 2.14. The van der Waals surface area contributed by atoms with Crippen molar-refractivity contribution < 1.29 is 4.79 Å². The van der Waals surface area contributed by atoms with Gasteiger partial charge >= 0.3 is 6.03 Å². The molecule has 0 saturated heterocycles. The summed E-state index contributed by atoms with van der Waals surface area (Å²) in [5.41, 5.74) is 0. The Bertz CT molecular complexity index is 341. The van der Waals surface area contributed by atoms with E-state index in [-0.39, 0.29) is 12.6 Å². The fourth-order valence-electron chi connectivity index (χ4n) is 0.620. The normalized spacial score (nSPS) is 8.92. The molecule has 1 aromatic heterocycles. The summed E-state index contributed by atoms with van der Waals surface area (Å²) in [6, 6.07) is -0.367. The van der Waals surface area contributed by atoms with Crippen LogP contribution >= 0.6 is 11.3 Å². The van der Waals surface area contributed by atoms with Crippen molar-refractivity contribution in [3.8, 4) is 12.3 Å². The van der Waals surface area contributed by atoms with Crippen LogP contribution in [0.15, 0.2) is 0 Å². The van der Waals surface area contributed by atoms with Gasteiger partial charge in [0.05, 0.1) is 6.54 Å². The summed E-state index contributed by atoms with van der Waals surface area (Å²) in [6.45, 7) is 2.01. The molecule has 0 unspecified atom stereocenters. The molecule has 1 rings (SSSR count). The molecule has 0 radical (unpaired) electrons. The number of carbonyl (C=O) groups excluding carboxylic acids is 1. The SMILES string of the molecule is C#CCNC(=O)Nc1nnc(C)s1. The number of carbonyl (C=O) groups is 1. The molecule has 13 heavy (non-hydrogen) atoms. The van der Waals surface area contributed by atoms with Gasteiger partial charge in [-0.1, -0.05) is 17.3 Å². The van der Waals surface area contributed by atoms with E-state index in [2.05, 4.69) is 26.8 Å². The molecule has 0 aromatic carbocycles. The maximum absolute atomic E-state index is 11.0. The largest absolute Gasteiger partial charge is 0.327 e. The smallest absolute Gasteiger partial charge is 0.321 e. The van der Waals surface area contributed by atoms with E-state index in [1.807, 2.05) is 6.92 Å². The fraction of sp³-hybridized carbons (Fsp3) is 0.286. The van der Waals surface area contributed by atoms with Crippen LogP contribution in [0.4, 0.5) is 9.93 Å². The highest BCUT2D eigenvalue weighted by atomic mass is 32.1. The van der Waals surface area contributed by atoms with Crippen LogP contribution in [0.5, 0.6) is 0 Å². The molecule has 1 aromatic rings. The predicted molar refractivity (Wildman–Crippen MR) is 50.5 cm³/mol. The number of terminal acetylenes is 1. The van der Waals surface area contributed by atoms with Gasteiger partial charge in [0, 0.05) is 0 Å². The lowest BCUT2D eigenvalue weighted by Crippen LogP contribution is -2.28. The van der Waals surface area contributed by atoms with Gasteiger partial charge in [-0.25, -0.2) is 4.79 Å². The van der Waals surface area contributed by atoms with E-state index in [1.165, 1.54) is 11.3 Å². The number of aryl methyl sites for hydroxylation is 1. The topological polar surface area (TPSA) is 66.9 Å². The molecular weight excluding hydrogens is 188 g/mol. The summed E-state index contributed by atoms with van der Waals surface area (Å²) in [4.78, 5) is 11.0. The molecule has 5 nitrogen and oxygen atoms in total. The molecule has 68 valence electrons. The van der Waals surface area contributed by atoms with Gasteiger partial charge in [0.25, 0.3) is 0 Å². The van der Waals surface area contributed by atoms with Gasteiger partial charge in [-0.15, -0.1) is 16.6 Å². The van der Waals surface area contributed by atoms with E-state index in [9.17, 15) is 4.79 Å². The van der Waals surface area contributed by atoms with E-state index < -0.39 is 0 Å². The number of rotatable bonds is 2. The molecule has 2 amide bonds. The molecular formula is C7H8N4OS. The minimum atomic E-state index is -0.367. The Balaban J connectivity index is 2.41. The van der Waals surface area contributed by atoms with Crippen LogP contribution in [0, 0.1) is 19.3 Å². The maximum atomic E-state index is 11.0. The zero-order valence-corrected chi connectivity index (χ0v) is 7.81. The Morgan fingerprint density at radius 3 is 3.00 bits per heavy atom. The molecule has 0 saturated carbocycles. The molecule has 0 fully saturated rings. The number of urea groups is 1. The van der Waals surface area contributed by atoms with Crippen molar-refractivity contribution in [2.45, 2.75) is 6.92 Å². The zero-order valence-electron chi connectivity index (χ0n) is 7.00. The van der Waals surface area contributed by atoms with Crippen molar-refractivity contribution in [2.75, 3.05) is 11.9 Å². The Kier molecular flexibility index (Phi) is 3.23. The number of hydrogen-bond acceptors (Lipinski definition) is 4. The predicted octanol–water partition coefficient (Wildman–Crippen LogP) is 0.601. The summed E-state index contributed by atoms with van der Waals surface area (Å²) in [5.74, 6) is 2.29. The van der Waals surface area contributed by atoms with E-state index in [0.717, 1.165) is 5.01 Å². The first-order valence-corrected chi connectivity index (χ1v) is 4.32. The van der Waals surface area contributed by atoms with Gasteiger partial charge in [0.15, 0.2) is 0 Å². The summed E-state index contributed by atoms with van der Waals surface area (Å²) >= 11 is 1.30. The molecule has 0 atom stereocenters. The van der Waals surface area contributed by atoms with Gasteiger partial charge < -0.3 is 5.32 Å². The number of hydrogen-bond donors (Lipinski definition) is 2. The summed E-state index contributed by atoms with van der Waals surface area (Å²) in [5, 5.41) is 13.6. The van der Waals surface area contributed by atoms with Gasteiger partial charge in [-0.05, 0) is 6.92 Å². The number of nitrogens with one attached hydrogen (secondary N) is 2. The van der Waals surface area contributed by atoms with Crippen LogP contribution in [-0.2, 0) is 0 Å². The average molecular weight is 196 g/mol. The minimum absolute atomic E-state index is 0.198. The highest BCUT2D eigenvalue weighted by molar-refractivity contribution is 7.15. The molecule has 0 bridgehead atoms. The van der Waals surface area contributed by atoms with Crippen LogP contribution in [0.3, 0.4) is 0 Å². The Hall–Kier alpha value is -1.61. The first kappa shape index (κ1) is 9.48. The molecule has 6 heteroatoms. The zero-order chi connectivity index (χ0) is 9.68. The maximum Gasteiger partial charge on any atom is 0.321 e. The monoisotopic (exact) mass is 196 g/mol. The van der Waals surface area contributed by atoms with E-state index in [1.54, 1.807) is 0 Å². The molecule has 0 aliphatic rings. The van der Waals surface area contributed by atoms with Crippen molar-refractivity contribution in [1.29, 1.82) is 0 Å². The van der Waals surface area contributed by atoms with Gasteiger partial charge in [-0.3, -0.25) is 5.32 Å². The minimum Gasteiger partial charge on any atom is -0.327 e. The standard InChI is InChI=1S/C7H8N4OS/c1-3-4-8-6(12)9-7-11-10-5(2)13-7/h1H,4H2,2H3,(H2,8,9,11,12). The Morgan fingerprint density at radius 2 is 2.46 bits per heavy atom. The third kappa shape index (κ3) is 3.09. The lowest BCUT2D eigenvalue weighted by molar-refractivity contribution is 0.253. The first-order chi connectivity index (χ1) is 6.22. The Labute approximate surface area is 79.6 Å². The fourth-order valence-corrected chi connectivity index (χ4v) is 1.21. The number of aromatic nitrogens is 2. The van der Waals surface area contributed by atoms with Crippen LogP contribution in [0.1, 0.15) is 5.01 Å². The van der Waals surface area contributed by atoms with Crippen LogP contribution in [0.2, 0.25) is 0 Å². The highest BCUT2D eigenvalue weighted by Gasteiger charge is 2.03. The third-order valence-electron chi connectivity index (χ3n) is 1.10. The molecule has 0 spiro atoms. The average Bonchev–Trinajstić information content (AvgIpc) is 2.48. The van der Waals surface area contributed by atoms with Crippen molar-refractivity contribution in [3.05, 3.63) is 5.01 Å². The molecule has 2 N–H and O–H groups in total. The van der Waals surface area contributed by atoms with E-state index >= 15 is 0 Å². The summed E-state index contributed by atoms with van der Waals surface area (Å²) < 4.78 is 0. The molecule has 0 aliphatic heterocycles. The van der Waals surface area contributed by atoms with Crippen molar-refractivity contribution in [2.24, 2.45) is 0 Å².